The first-order valence-electron chi connectivity index (χ1n) is 9.41. The lowest BCUT2D eigenvalue weighted by molar-refractivity contribution is 0.586. The number of pyridine rings is 1. The third-order valence-electron chi connectivity index (χ3n) is 4.86. The van der Waals surface area contributed by atoms with Gasteiger partial charge in [0.1, 0.15) is 29.4 Å². The first-order chi connectivity index (χ1) is 14.2. The van der Waals surface area contributed by atoms with Crippen LogP contribution in [0.1, 0.15) is 30.0 Å². The number of hydrogen-bond donors (Lipinski definition) is 1. The van der Waals surface area contributed by atoms with Gasteiger partial charge in [-0.25, -0.2) is 29.0 Å². The van der Waals surface area contributed by atoms with Gasteiger partial charge in [0.05, 0.1) is 6.54 Å². The van der Waals surface area contributed by atoms with Crippen molar-refractivity contribution in [2.75, 3.05) is 5.73 Å². The van der Waals surface area contributed by atoms with Crippen LogP contribution in [0.2, 0.25) is 0 Å². The van der Waals surface area contributed by atoms with Crippen molar-refractivity contribution in [1.82, 2.24) is 29.7 Å². The van der Waals surface area contributed by atoms with Crippen LogP contribution in [0, 0.1) is 5.82 Å². The van der Waals surface area contributed by atoms with E-state index in [4.69, 9.17) is 5.73 Å². The SMILES string of the molecule is Nc1cccc(-c2nc(-c3cc(C4CC4)ncn3)n(Cc3ccccc3F)n2)n1. The van der Waals surface area contributed by atoms with Gasteiger partial charge >= 0.3 is 0 Å². The Bertz CT molecular complexity index is 1180. The molecule has 2 N–H and O–H groups in total. The average Bonchev–Trinajstić information content (AvgIpc) is 3.50. The first kappa shape index (κ1) is 17.4. The van der Waals surface area contributed by atoms with Crippen molar-refractivity contribution >= 4 is 5.82 Å². The number of halogens is 1. The number of aromatic nitrogens is 6. The molecule has 144 valence electrons. The number of benzene rings is 1. The maximum Gasteiger partial charge on any atom is 0.200 e. The highest BCUT2D eigenvalue weighted by Crippen LogP contribution is 2.39. The molecule has 0 bridgehead atoms. The maximum absolute atomic E-state index is 14.3. The van der Waals surface area contributed by atoms with Crippen LogP contribution in [0.5, 0.6) is 0 Å². The van der Waals surface area contributed by atoms with E-state index in [0.717, 1.165) is 18.5 Å². The van der Waals surface area contributed by atoms with E-state index in [9.17, 15) is 4.39 Å². The fourth-order valence-electron chi connectivity index (χ4n) is 3.21. The van der Waals surface area contributed by atoms with Crippen molar-refractivity contribution in [3.8, 4) is 23.0 Å². The Hall–Kier alpha value is -3.68. The van der Waals surface area contributed by atoms with Gasteiger partial charge in [0.2, 0.25) is 0 Å². The van der Waals surface area contributed by atoms with E-state index in [1.807, 2.05) is 6.07 Å². The standard InChI is InChI=1S/C21H18FN7/c22-15-5-2-1-4-14(15)11-29-21(18-10-17(13-8-9-13)24-12-25-18)27-20(28-29)16-6-3-7-19(23)26-16/h1-7,10,12-13H,8-9,11H2,(H2,23,26). The largest absolute Gasteiger partial charge is 0.384 e. The molecule has 8 heteroatoms. The van der Waals surface area contributed by atoms with Gasteiger partial charge in [0.25, 0.3) is 0 Å². The Morgan fingerprint density at radius 2 is 1.86 bits per heavy atom. The van der Waals surface area contributed by atoms with Crippen molar-refractivity contribution in [3.05, 3.63) is 71.9 Å². The predicted molar refractivity (Wildman–Crippen MR) is 106 cm³/mol. The molecule has 5 rings (SSSR count). The number of hydrogen-bond acceptors (Lipinski definition) is 6. The molecular weight excluding hydrogens is 369 g/mol. The van der Waals surface area contributed by atoms with Crippen molar-refractivity contribution < 1.29 is 4.39 Å². The number of nitrogens with zero attached hydrogens (tertiary/aromatic N) is 6. The third kappa shape index (κ3) is 3.56. The first-order valence-corrected chi connectivity index (χ1v) is 9.41. The van der Waals surface area contributed by atoms with Crippen LogP contribution in [-0.2, 0) is 6.54 Å². The van der Waals surface area contributed by atoms with Crippen LogP contribution in [0.3, 0.4) is 0 Å². The van der Waals surface area contributed by atoms with Crippen molar-refractivity contribution in [3.63, 3.8) is 0 Å². The molecule has 29 heavy (non-hydrogen) atoms. The zero-order chi connectivity index (χ0) is 19.8. The minimum Gasteiger partial charge on any atom is -0.384 e. The molecule has 3 aromatic heterocycles. The van der Waals surface area contributed by atoms with Crippen LogP contribution in [0.15, 0.2) is 54.9 Å². The van der Waals surface area contributed by atoms with Crippen LogP contribution >= 0.6 is 0 Å². The second-order valence-corrected chi connectivity index (χ2v) is 7.06. The monoisotopic (exact) mass is 387 g/mol. The molecule has 1 aliphatic carbocycles. The summed E-state index contributed by atoms with van der Waals surface area (Å²) in [6.07, 6.45) is 3.82. The highest BCUT2D eigenvalue weighted by atomic mass is 19.1. The van der Waals surface area contributed by atoms with Gasteiger partial charge in [-0.3, -0.25) is 0 Å². The van der Waals surface area contributed by atoms with E-state index < -0.39 is 0 Å². The molecule has 1 aromatic carbocycles. The highest BCUT2D eigenvalue weighted by molar-refractivity contribution is 5.58. The summed E-state index contributed by atoms with van der Waals surface area (Å²) in [5, 5.41) is 4.58. The van der Waals surface area contributed by atoms with Crippen LogP contribution in [-0.4, -0.2) is 29.7 Å². The molecule has 1 aliphatic rings. The fourth-order valence-corrected chi connectivity index (χ4v) is 3.21. The minimum atomic E-state index is -0.293. The van der Waals surface area contributed by atoms with Gasteiger partial charge < -0.3 is 5.73 Å². The maximum atomic E-state index is 14.3. The average molecular weight is 387 g/mol. The molecule has 1 fully saturated rings. The van der Waals surface area contributed by atoms with Crippen molar-refractivity contribution in [2.24, 2.45) is 0 Å². The summed E-state index contributed by atoms with van der Waals surface area (Å²) >= 11 is 0. The van der Waals surface area contributed by atoms with E-state index in [1.54, 1.807) is 47.4 Å². The summed E-state index contributed by atoms with van der Waals surface area (Å²) in [5.74, 6) is 1.52. The van der Waals surface area contributed by atoms with Crippen LogP contribution < -0.4 is 5.73 Å². The number of nitrogen functional groups attached to an aromatic ring is 1. The smallest absolute Gasteiger partial charge is 0.200 e. The minimum absolute atomic E-state index is 0.222. The summed E-state index contributed by atoms with van der Waals surface area (Å²) in [7, 11) is 0. The third-order valence-corrected chi connectivity index (χ3v) is 4.86. The van der Waals surface area contributed by atoms with Gasteiger partial charge in [-0.15, -0.1) is 5.10 Å². The lowest BCUT2D eigenvalue weighted by atomic mass is 10.2. The zero-order valence-corrected chi connectivity index (χ0v) is 15.5. The molecular formula is C21H18FN7. The Kier molecular flexibility index (Phi) is 4.23. The zero-order valence-electron chi connectivity index (χ0n) is 15.5. The second kappa shape index (κ2) is 7.05. The van der Waals surface area contributed by atoms with E-state index in [0.29, 0.717) is 40.3 Å². The summed E-state index contributed by atoms with van der Waals surface area (Å²) < 4.78 is 15.9. The number of rotatable bonds is 5. The predicted octanol–water partition coefficient (Wildman–Crippen LogP) is 3.44. The van der Waals surface area contributed by atoms with Gasteiger partial charge in [-0.05, 0) is 37.1 Å². The number of nitrogens with two attached hydrogens (primary N) is 1. The molecule has 3 heterocycles. The number of anilines is 1. The summed E-state index contributed by atoms with van der Waals surface area (Å²) in [4.78, 5) is 17.7. The van der Waals surface area contributed by atoms with Gasteiger partial charge in [-0.2, -0.15) is 0 Å². The quantitative estimate of drug-likeness (QED) is 0.564. The summed E-state index contributed by atoms with van der Waals surface area (Å²) in [6.45, 7) is 0.222. The van der Waals surface area contributed by atoms with E-state index in [2.05, 4.69) is 25.0 Å². The molecule has 0 aliphatic heterocycles. The van der Waals surface area contributed by atoms with E-state index in [1.165, 1.54) is 6.07 Å². The molecule has 0 radical (unpaired) electrons. The molecule has 0 atom stereocenters. The molecule has 1 saturated carbocycles. The second-order valence-electron chi connectivity index (χ2n) is 7.06. The Labute approximate surface area is 166 Å². The van der Waals surface area contributed by atoms with Gasteiger partial charge in [0, 0.05) is 17.2 Å². The molecule has 0 unspecified atom stereocenters. The van der Waals surface area contributed by atoms with Crippen molar-refractivity contribution in [2.45, 2.75) is 25.3 Å². The lowest BCUT2D eigenvalue weighted by Gasteiger charge is -2.07. The topological polar surface area (TPSA) is 95.4 Å². The Morgan fingerprint density at radius 3 is 2.66 bits per heavy atom. The Morgan fingerprint density at radius 1 is 1.00 bits per heavy atom. The molecule has 4 aromatic rings. The molecule has 7 nitrogen and oxygen atoms in total. The normalized spacial score (nSPS) is 13.6. The van der Waals surface area contributed by atoms with Crippen LogP contribution in [0.4, 0.5) is 10.2 Å². The van der Waals surface area contributed by atoms with Gasteiger partial charge in [-0.1, -0.05) is 24.3 Å². The summed E-state index contributed by atoms with van der Waals surface area (Å²) in [6, 6.07) is 13.9. The summed E-state index contributed by atoms with van der Waals surface area (Å²) in [5.41, 5.74) is 8.53. The highest BCUT2D eigenvalue weighted by Gasteiger charge is 2.26. The lowest BCUT2D eigenvalue weighted by Crippen LogP contribution is -2.07. The van der Waals surface area contributed by atoms with E-state index in [-0.39, 0.29) is 12.4 Å². The fraction of sp³-hybridized carbons (Fsp3) is 0.190. The van der Waals surface area contributed by atoms with Crippen molar-refractivity contribution in [1.29, 1.82) is 0 Å². The molecule has 0 spiro atoms. The molecule has 0 amide bonds. The molecule has 0 saturated heterocycles. The van der Waals surface area contributed by atoms with E-state index >= 15 is 0 Å². The Balaban J connectivity index is 1.61. The van der Waals surface area contributed by atoms with Gasteiger partial charge in [0.15, 0.2) is 11.6 Å². The van der Waals surface area contributed by atoms with Crippen LogP contribution in [0.25, 0.3) is 23.0 Å².